The summed E-state index contributed by atoms with van der Waals surface area (Å²) < 4.78 is 45.0. The third-order valence-corrected chi connectivity index (χ3v) is 6.40. The predicted octanol–water partition coefficient (Wildman–Crippen LogP) is 1.97. The summed E-state index contributed by atoms with van der Waals surface area (Å²) in [7, 11) is -3.82. The molecule has 1 aliphatic rings. The van der Waals surface area contributed by atoms with Crippen LogP contribution in [0.2, 0.25) is 0 Å². The molecule has 0 radical (unpaired) electrons. The van der Waals surface area contributed by atoms with Gasteiger partial charge in [0.05, 0.1) is 37.9 Å². The Morgan fingerprint density at radius 2 is 1.55 bits per heavy atom. The molecule has 2 rings (SSSR count). The van der Waals surface area contributed by atoms with E-state index < -0.39 is 16.1 Å². The molecule has 0 aromatic heterocycles. The summed E-state index contributed by atoms with van der Waals surface area (Å²) in [6, 6.07) is 5.76. The monoisotopic (exact) mass is 456 g/mol. The average molecular weight is 457 g/mol. The van der Waals surface area contributed by atoms with Gasteiger partial charge in [-0.15, -0.1) is 0 Å². The van der Waals surface area contributed by atoms with Crippen molar-refractivity contribution in [1.29, 1.82) is 0 Å². The quantitative estimate of drug-likeness (QED) is 0.703. The minimum Gasteiger partial charge on any atom is -0.379 e. The molecule has 8 nitrogen and oxygen atoms in total. The SMILES string of the molecule is Cc1ccc(S(=O)(=O)N[C@@H](CC(C)C)C(=O)N2CCCOCCOCCOCC2)cc1. The highest BCUT2D eigenvalue weighted by atomic mass is 32.2. The van der Waals surface area contributed by atoms with Gasteiger partial charge in [0.1, 0.15) is 6.04 Å². The van der Waals surface area contributed by atoms with Crippen molar-refractivity contribution in [3.05, 3.63) is 29.8 Å². The van der Waals surface area contributed by atoms with Gasteiger partial charge >= 0.3 is 0 Å². The number of amides is 1. The molecule has 0 aliphatic carbocycles. The highest BCUT2D eigenvalue weighted by Gasteiger charge is 2.29. The first kappa shape index (κ1) is 25.7. The number of carbonyl (C=O) groups excluding carboxylic acids is 1. The predicted molar refractivity (Wildman–Crippen MR) is 118 cm³/mol. The van der Waals surface area contributed by atoms with Gasteiger partial charge in [-0.25, -0.2) is 8.42 Å². The second-order valence-electron chi connectivity index (χ2n) is 8.13. The number of benzene rings is 1. The van der Waals surface area contributed by atoms with Crippen LogP contribution in [0.4, 0.5) is 0 Å². The lowest BCUT2D eigenvalue weighted by atomic mass is 10.0. The van der Waals surface area contributed by atoms with E-state index in [1.54, 1.807) is 29.2 Å². The fraction of sp³-hybridized carbons (Fsp3) is 0.682. The van der Waals surface area contributed by atoms with Crippen molar-refractivity contribution >= 4 is 15.9 Å². The third kappa shape index (κ3) is 9.24. The zero-order chi connectivity index (χ0) is 22.7. The molecule has 1 atom stereocenters. The van der Waals surface area contributed by atoms with Crippen LogP contribution in [-0.4, -0.2) is 78.0 Å². The van der Waals surface area contributed by atoms with Gasteiger partial charge in [-0.2, -0.15) is 4.72 Å². The van der Waals surface area contributed by atoms with Crippen molar-refractivity contribution < 1.29 is 27.4 Å². The van der Waals surface area contributed by atoms with Crippen LogP contribution >= 0.6 is 0 Å². The molecule has 0 bridgehead atoms. The van der Waals surface area contributed by atoms with Crippen LogP contribution in [-0.2, 0) is 29.0 Å². The number of sulfonamides is 1. The number of carbonyl (C=O) groups is 1. The molecule has 31 heavy (non-hydrogen) atoms. The second kappa shape index (κ2) is 13.1. The zero-order valence-electron chi connectivity index (χ0n) is 18.8. The van der Waals surface area contributed by atoms with Crippen LogP contribution in [0, 0.1) is 12.8 Å². The minimum absolute atomic E-state index is 0.141. The first-order valence-corrected chi connectivity index (χ1v) is 12.4. The lowest BCUT2D eigenvalue weighted by Crippen LogP contribution is -2.50. The van der Waals surface area contributed by atoms with E-state index in [2.05, 4.69) is 4.72 Å². The van der Waals surface area contributed by atoms with Gasteiger partial charge in [0.15, 0.2) is 0 Å². The van der Waals surface area contributed by atoms with Crippen molar-refractivity contribution in [3.63, 3.8) is 0 Å². The van der Waals surface area contributed by atoms with E-state index in [0.29, 0.717) is 65.6 Å². The molecule has 176 valence electrons. The Hall–Kier alpha value is -1.52. The second-order valence-corrected chi connectivity index (χ2v) is 9.85. The number of hydrogen-bond acceptors (Lipinski definition) is 6. The lowest BCUT2D eigenvalue weighted by molar-refractivity contribution is -0.134. The van der Waals surface area contributed by atoms with Crippen molar-refractivity contribution in [2.75, 3.05) is 52.7 Å². The Labute approximate surface area is 186 Å². The number of nitrogens with zero attached hydrogens (tertiary/aromatic N) is 1. The van der Waals surface area contributed by atoms with E-state index in [9.17, 15) is 13.2 Å². The molecule has 1 fully saturated rings. The number of aryl methyl sites for hydroxylation is 1. The summed E-state index contributed by atoms with van der Waals surface area (Å²) in [6.07, 6.45) is 1.07. The van der Waals surface area contributed by atoms with E-state index in [4.69, 9.17) is 14.2 Å². The van der Waals surface area contributed by atoms with Gasteiger partial charge in [-0.3, -0.25) is 4.79 Å². The van der Waals surface area contributed by atoms with Crippen molar-refractivity contribution in [2.45, 2.75) is 44.6 Å². The number of rotatable bonds is 6. The van der Waals surface area contributed by atoms with Crippen LogP contribution in [0.3, 0.4) is 0 Å². The molecular weight excluding hydrogens is 420 g/mol. The molecule has 1 N–H and O–H groups in total. The molecule has 0 saturated carbocycles. The standard InChI is InChI=1S/C22H36N2O6S/c1-18(2)17-21(23-31(26,27)20-7-5-19(3)6-8-20)22(25)24-9-4-11-28-13-15-30-16-14-29-12-10-24/h5-8,18,21,23H,4,9-17H2,1-3H3/t21-/m0/s1. The van der Waals surface area contributed by atoms with Crippen LogP contribution in [0.1, 0.15) is 32.3 Å². The molecule has 1 aromatic carbocycles. The van der Waals surface area contributed by atoms with Crippen molar-refractivity contribution in [1.82, 2.24) is 9.62 Å². The Kier molecular flexibility index (Phi) is 10.9. The first-order chi connectivity index (χ1) is 14.8. The number of ether oxygens (including phenoxy) is 3. The molecule has 1 aromatic rings. The van der Waals surface area contributed by atoms with Crippen LogP contribution in [0.25, 0.3) is 0 Å². The average Bonchev–Trinajstić information content (AvgIpc) is 2.74. The van der Waals surface area contributed by atoms with Gasteiger partial charge in [-0.1, -0.05) is 31.5 Å². The van der Waals surface area contributed by atoms with Crippen molar-refractivity contribution in [2.24, 2.45) is 5.92 Å². The highest BCUT2D eigenvalue weighted by Crippen LogP contribution is 2.15. The molecule has 1 amide bonds. The third-order valence-electron chi connectivity index (χ3n) is 4.91. The normalized spacial score (nSPS) is 18.6. The Bertz CT molecular complexity index is 753. The summed E-state index contributed by atoms with van der Waals surface area (Å²) >= 11 is 0. The Balaban J connectivity index is 2.13. The van der Waals surface area contributed by atoms with E-state index in [-0.39, 0.29) is 16.7 Å². The lowest BCUT2D eigenvalue weighted by Gasteiger charge is -2.28. The molecule has 0 unspecified atom stereocenters. The summed E-state index contributed by atoms with van der Waals surface area (Å²) in [5, 5.41) is 0. The molecule has 1 saturated heterocycles. The van der Waals surface area contributed by atoms with E-state index >= 15 is 0 Å². The van der Waals surface area contributed by atoms with Gasteiger partial charge in [0.25, 0.3) is 0 Å². The summed E-state index contributed by atoms with van der Waals surface area (Å²) in [4.78, 5) is 15.2. The zero-order valence-corrected chi connectivity index (χ0v) is 19.7. The van der Waals surface area contributed by atoms with Gasteiger partial charge in [0.2, 0.25) is 15.9 Å². The number of nitrogens with one attached hydrogen (secondary N) is 1. The van der Waals surface area contributed by atoms with Gasteiger partial charge < -0.3 is 19.1 Å². The maximum atomic E-state index is 13.4. The van der Waals surface area contributed by atoms with Crippen LogP contribution in [0.15, 0.2) is 29.2 Å². The van der Waals surface area contributed by atoms with Crippen LogP contribution in [0.5, 0.6) is 0 Å². The number of hydrogen-bond donors (Lipinski definition) is 1. The Morgan fingerprint density at radius 1 is 0.968 bits per heavy atom. The van der Waals surface area contributed by atoms with Crippen molar-refractivity contribution in [3.8, 4) is 0 Å². The van der Waals surface area contributed by atoms with E-state index in [1.165, 1.54) is 0 Å². The topological polar surface area (TPSA) is 94.2 Å². The highest BCUT2D eigenvalue weighted by molar-refractivity contribution is 7.89. The smallest absolute Gasteiger partial charge is 0.241 e. The fourth-order valence-corrected chi connectivity index (χ4v) is 4.47. The molecule has 1 heterocycles. The first-order valence-electron chi connectivity index (χ1n) is 10.9. The molecular formula is C22H36N2O6S. The maximum absolute atomic E-state index is 13.4. The fourth-order valence-electron chi connectivity index (χ4n) is 3.27. The maximum Gasteiger partial charge on any atom is 0.241 e. The summed E-state index contributed by atoms with van der Waals surface area (Å²) in [5.41, 5.74) is 0.969. The molecule has 1 aliphatic heterocycles. The molecule has 0 spiro atoms. The van der Waals surface area contributed by atoms with Gasteiger partial charge in [0, 0.05) is 19.7 Å². The Morgan fingerprint density at radius 3 is 2.16 bits per heavy atom. The summed E-state index contributed by atoms with van der Waals surface area (Å²) in [5.74, 6) is -0.0959. The summed E-state index contributed by atoms with van der Waals surface area (Å²) in [6.45, 7) is 9.52. The minimum atomic E-state index is -3.82. The van der Waals surface area contributed by atoms with Crippen LogP contribution < -0.4 is 4.72 Å². The van der Waals surface area contributed by atoms with Gasteiger partial charge in [-0.05, 0) is 37.8 Å². The largest absolute Gasteiger partial charge is 0.379 e. The molecule has 9 heteroatoms. The van der Waals surface area contributed by atoms with E-state index in [1.807, 2.05) is 20.8 Å². The van der Waals surface area contributed by atoms with E-state index in [0.717, 1.165) is 5.56 Å².